The molecular formula is C33H42N4O3S. The third-order valence-electron chi connectivity index (χ3n) is 8.07. The van der Waals surface area contributed by atoms with Crippen LogP contribution in [0.5, 0.6) is 5.75 Å². The molecule has 0 saturated heterocycles. The number of rotatable bonds is 6. The summed E-state index contributed by atoms with van der Waals surface area (Å²) in [6.07, 6.45) is 5.45. The molecule has 7 nitrogen and oxygen atoms in total. The highest BCUT2D eigenvalue weighted by molar-refractivity contribution is 8.00. The summed E-state index contributed by atoms with van der Waals surface area (Å²) in [7, 11) is 1.68. The Bertz CT molecular complexity index is 1430. The standard InChI is InChI=1S/C33H42N4O3S/c1-21-16-17-25(22(2)18-21)37-32-29(31(35-37)33(3,4)5)30(24-14-10-11-15-26(24)40-6)41-20-28(39)36(32)19-27(38)34-23-12-8-7-9-13-23/h10-11,14-18,23,30H,7-9,12-13,19-20H2,1-6H3,(H,34,38). The van der Waals surface area contributed by atoms with E-state index in [1.807, 2.05) is 22.9 Å². The van der Waals surface area contributed by atoms with Gasteiger partial charge in [0.2, 0.25) is 11.8 Å². The lowest BCUT2D eigenvalue weighted by atomic mass is 9.87. The number of benzene rings is 2. The second-order valence-electron chi connectivity index (χ2n) is 12.4. The molecule has 1 aromatic heterocycles. The van der Waals surface area contributed by atoms with Crippen LogP contribution >= 0.6 is 11.8 Å². The van der Waals surface area contributed by atoms with Crippen molar-refractivity contribution in [3.8, 4) is 11.4 Å². The number of carbonyl (C=O) groups is 2. The van der Waals surface area contributed by atoms with Crippen LogP contribution in [0.25, 0.3) is 5.69 Å². The number of thioether (sulfide) groups is 1. The normalized spacial score (nSPS) is 18.1. The minimum Gasteiger partial charge on any atom is -0.496 e. The van der Waals surface area contributed by atoms with Crippen LogP contribution < -0.4 is 15.0 Å². The van der Waals surface area contributed by atoms with Crippen molar-refractivity contribution in [1.82, 2.24) is 15.1 Å². The van der Waals surface area contributed by atoms with Gasteiger partial charge in [0.05, 0.1) is 29.5 Å². The second kappa shape index (κ2) is 11.9. The Balaban J connectivity index is 1.72. The van der Waals surface area contributed by atoms with E-state index >= 15 is 0 Å². The van der Waals surface area contributed by atoms with E-state index in [4.69, 9.17) is 9.84 Å². The number of amides is 2. The van der Waals surface area contributed by atoms with E-state index in [0.717, 1.165) is 65.1 Å². The van der Waals surface area contributed by atoms with Gasteiger partial charge in [-0.25, -0.2) is 4.68 Å². The Kier molecular flexibility index (Phi) is 8.50. The van der Waals surface area contributed by atoms with E-state index in [0.29, 0.717) is 5.82 Å². The van der Waals surface area contributed by atoms with Gasteiger partial charge >= 0.3 is 0 Å². The minimum atomic E-state index is -0.321. The number of hydrogen-bond donors (Lipinski definition) is 1. The molecule has 0 bridgehead atoms. The topological polar surface area (TPSA) is 76.5 Å². The van der Waals surface area contributed by atoms with Gasteiger partial charge in [-0.3, -0.25) is 14.5 Å². The summed E-state index contributed by atoms with van der Waals surface area (Å²) in [5.74, 6) is 1.46. The number of para-hydroxylation sites is 1. The molecule has 1 fully saturated rings. The third kappa shape index (κ3) is 6.03. The first kappa shape index (κ1) is 29.2. The number of carbonyl (C=O) groups excluding carboxylic acids is 2. The van der Waals surface area contributed by atoms with Gasteiger partial charge in [-0.15, -0.1) is 11.8 Å². The molecule has 5 rings (SSSR count). The number of methoxy groups -OCH3 is 1. The maximum atomic E-state index is 14.0. The van der Waals surface area contributed by atoms with E-state index in [2.05, 4.69) is 64.2 Å². The fraction of sp³-hybridized carbons (Fsp3) is 0.485. The highest BCUT2D eigenvalue weighted by Gasteiger charge is 2.41. The SMILES string of the molecule is COc1ccccc1C1SCC(=O)N(CC(=O)NC2CCCCC2)c2c1c(C(C)(C)C)nn2-c1ccc(C)cc1C. The molecule has 1 atom stereocenters. The van der Waals surface area contributed by atoms with E-state index in [-0.39, 0.29) is 40.8 Å². The molecule has 8 heteroatoms. The summed E-state index contributed by atoms with van der Waals surface area (Å²) >= 11 is 1.57. The van der Waals surface area contributed by atoms with Crippen LogP contribution in [-0.4, -0.2) is 47.0 Å². The Labute approximate surface area is 248 Å². The zero-order chi connectivity index (χ0) is 29.3. The maximum Gasteiger partial charge on any atom is 0.240 e. The lowest BCUT2D eigenvalue weighted by molar-refractivity contribution is -0.123. The first-order valence-electron chi connectivity index (χ1n) is 14.6. The summed E-state index contributed by atoms with van der Waals surface area (Å²) < 4.78 is 7.71. The summed E-state index contributed by atoms with van der Waals surface area (Å²) in [5, 5.41) is 8.26. The lowest BCUT2D eigenvalue weighted by Crippen LogP contribution is -2.46. The predicted octanol–water partition coefficient (Wildman–Crippen LogP) is 6.41. The van der Waals surface area contributed by atoms with Crippen LogP contribution in [0.1, 0.15) is 86.1 Å². The highest BCUT2D eigenvalue weighted by atomic mass is 32.2. The third-order valence-corrected chi connectivity index (χ3v) is 9.31. The molecular weight excluding hydrogens is 532 g/mol. The smallest absolute Gasteiger partial charge is 0.240 e. The molecule has 1 aliphatic carbocycles. The summed E-state index contributed by atoms with van der Waals surface area (Å²) in [6.45, 7) is 10.6. The molecule has 3 aromatic rings. The zero-order valence-electron chi connectivity index (χ0n) is 25.1. The second-order valence-corrected chi connectivity index (χ2v) is 13.4. The van der Waals surface area contributed by atoms with Gasteiger partial charge in [-0.05, 0) is 44.4 Å². The van der Waals surface area contributed by atoms with Crippen molar-refractivity contribution in [2.45, 2.75) is 83.4 Å². The van der Waals surface area contributed by atoms with Gasteiger partial charge in [0, 0.05) is 22.6 Å². The van der Waals surface area contributed by atoms with Crippen molar-refractivity contribution in [2.75, 3.05) is 24.3 Å². The molecule has 0 radical (unpaired) electrons. The number of anilines is 1. The van der Waals surface area contributed by atoms with Crippen LogP contribution in [0.3, 0.4) is 0 Å². The van der Waals surface area contributed by atoms with Crippen molar-refractivity contribution >= 4 is 29.4 Å². The summed E-state index contributed by atoms with van der Waals surface area (Å²) in [5.41, 5.74) is 5.65. The molecule has 1 N–H and O–H groups in total. The average molecular weight is 575 g/mol. The van der Waals surface area contributed by atoms with Gasteiger partial charge in [-0.1, -0.05) is 75.9 Å². The number of hydrogen-bond acceptors (Lipinski definition) is 5. The monoisotopic (exact) mass is 574 g/mol. The summed E-state index contributed by atoms with van der Waals surface area (Å²) in [6, 6.07) is 14.4. The van der Waals surface area contributed by atoms with Crippen LogP contribution in [0.15, 0.2) is 42.5 Å². The van der Waals surface area contributed by atoms with Crippen LogP contribution in [0, 0.1) is 13.8 Å². The molecule has 1 unspecified atom stereocenters. The molecule has 2 heterocycles. The molecule has 2 amide bonds. The quantitative estimate of drug-likeness (QED) is 0.368. The van der Waals surface area contributed by atoms with Gasteiger partial charge in [-0.2, -0.15) is 5.10 Å². The first-order chi connectivity index (χ1) is 19.6. The van der Waals surface area contributed by atoms with Crippen LogP contribution in [0.4, 0.5) is 5.82 Å². The van der Waals surface area contributed by atoms with Crippen molar-refractivity contribution in [1.29, 1.82) is 0 Å². The predicted molar refractivity (Wildman–Crippen MR) is 166 cm³/mol. The van der Waals surface area contributed by atoms with E-state index < -0.39 is 0 Å². The highest BCUT2D eigenvalue weighted by Crippen LogP contribution is 2.50. The Morgan fingerprint density at radius 3 is 2.51 bits per heavy atom. The van der Waals surface area contributed by atoms with Gasteiger partial charge < -0.3 is 10.1 Å². The van der Waals surface area contributed by atoms with Crippen LogP contribution in [-0.2, 0) is 15.0 Å². The lowest BCUT2D eigenvalue weighted by Gasteiger charge is -2.27. The number of nitrogens with one attached hydrogen (secondary N) is 1. The molecule has 2 aliphatic rings. The Morgan fingerprint density at radius 1 is 1.10 bits per heavy atom. The number of aryl methyl sites for hydroxylation is 2. The molecule has 2 aromatic carbocycles. The molecule has 41 heavy (non-hydrogen) atoms. The van der Waals surface area contributed by atoms with Crippen molar-refractivity contribution in [3.63, 3.8) is 0 Å². The van der Waals surface area contributed by atoms with E-state index in [1.165, 1.54) is 6.42 Å². The van der Waals surface area contributed by atoms with Crippen LogP contribution in [0.2, 0.25) is 0 Å². The van der Waals surface area contributed by atoms with Gasteiger partial charge in [0.25, 0.3) is 0 Å². The average Bonchev–Trinajstić information content (AvgIpc) is 3.27. The van der Waals surface area contributed by atoms with Crippen molar-refractivity contribution in [2.24, 2.45) is 0 Å². The minimum absolute atomic E-state index is 0.0400. The van der Waals surface area contributed by atoms with Crippen molar-refractivity contribution in [3.05, 3.63) is 70.4 Å². The number of ether oxygens (including phenoxy) is 1. The van der Waals surface area contributed by atoms with E-state index in [9.17, 15) is 9.59 Å². The molecule has 1 saturated carbocycles. The number of nitrogens with zero attached hydrogens (tertiary/aromatic N) is 3. The fourth-order valence-corrected chi connectivity index (χ4v) is 7.30. The largest absolute Gasteiger partial charge is 0.496 e. The zero-order valence-corrected chi connectivity index (χ0v) is 25.9. The number of fused-ring (bicyclic) bond motifs is 1. The maximum absolute atomic E-state index is 14.0. The Hall–Kier alpha value is -3.26. The molecule has 218 valence electrons. The number of aromatic nitrogens is 2. The first-order valence-corrected chi connectivity index (χ1v) is 15.7. The Morgan fingerprint density at radius 2 is 1.83 bits per heavy atom. The molecule has 0 spiro atoms. The van der Waals surface area contributed by atoms with Gasteiger partial charge in [0.1, 0.15) is 18.1 Å². The molecule has 1 aliphatic heterocycles. The van der Waals surface area contributed by atoms with Crippen molar-refractivity contribution < 1.29 is 14.3 Å². The van der Waals surface area contributed by atoms with E-state index in [1.54, 1.807) is 23.8 Å². The summed E-state index contributed by atoms with van der Waals surface area (Å²) in [4.78, 5) is 29.1. The van der Waals surface area contributed by atoms with Gasteiger partial charge in [0.15, 0.2) is 0 Å². The fourth-order valence-electron chi connectivity index (χ4n) is 6.08.